The van der Waals surface area contributed by atoms with E-state index in [1.165, 1.54) is 6.07 Å². The molecule has 0 saturated carbocycles. The molecular formula is C13H10ClF3N2OS. The van der Waals surface area contributed by atoms with Crippen molar-refractivity contribution in [2.24, 2.45) is 0 Å². The van der Waals surface area contributed by atoms with Gasteiger partial charge in [0.1, 0.15) is 6.42 Å². The molecule has 8 heteroatoms. The zero-order chi connectivity index (χ0) is 16.0. The lowest BCUT2D eigenvalue weighted by Gasteiger charge is -2.11. The predicted octanol–water partition coefficient (Wildman–Crippen LogP) is 3.30. The molecule has 1 aromatic rings. The number of halogens is 4. The molecule has 112 valence electrons. The quantitative estimate of drug-likeness (QED) is 0.841. The third kappa shape index (κ3) is 6.10. The molecule has 0 fully saturated rings. The summed E-state index contributed by atoms with van der Waals surface area (Å²) in [6, 6.07) is 4.87. The largest absolute Gasteiger partial charge is 0.416 e. The number of nitriles is 1. The van der Waals surface area contributed by atoms with Crippen molar-refractivity contribution in [1.82, 2.24) is 5.32 Å². The highest BCUT2D eigenvalue weighted by atomic mass is 35.5. The number of hydrogen-bond acceptors (Lipinski definition) is 3. The molecule has 1 amide bonds. The molecule has 1 N–H and O–H groups in total. The zero-order valence-corrected chi connectivity index (χ0v) is 12.2. The molecule has 0 unspecified atom stereocenters. The Bertz CT molecular complexity index is 596. The maximum atomic E-state index is 12.6. The van der Waals surface area contributed by atoms with E-state index >= 15 is 0 Å². The number of hydrogen-bond donors (Lipinski definition) is 1. The molecule has 0 saturated heterocycles. The van der Waals surface area contributed by atoms with Crippen molar-refractivity contribution in [3.8, 4) is 6.07 Å². The van der Waals surface area contributed by atoms with Gasteiger partial charge >= 0.3 is 6.18 Å². The van der Waals surface area contributed by atoms with E-state index in [2.05, 4.69) is 5.32 Å². The second kappa shape index (κ2) is 7.38. The van der Waals surface area contributed by atoms with Crippen molar-refractivity contribution >= 4 is 34.6 Å². The SMILES string of the molecule is N#CCC(=O)NCC(=S)Cc1cc(Cl)cc(C(F)(F)F)c1. The fourth-order valence-electron chi connectivity index (χ4n) is 1.54. The molecule has 0 aliphatic carbocycles. The fraction of sp³-hybridized carbons (Fsp3) is 0.308. The van der Waals surface area contributed by atoms with E-state index < -0.39 is 17.6 Å². The molecular weight excluding hydrogens is 325 g/mol. The monoisotopic (exact) mass is 334 g/mol. The van der Waals surface area contributed by atoms with Gasteiger partial charge in [-0.05, 0) is 23.8 Å². The Hall–Kier alpha value is -1.65. The van der Waals surface area contributed by atoms with Crippen LogP contribution in [0.1, 0.15) is 17.5 Å². The van der Waals surface area contributed by atoms with Gasteiger partial charge in [-0.1, -0.05) is 23.8 Å². The Labute approximate surface area is 129 Å². The minimum atomic E-state index is -4.48. The first-order chi connectivity index (χ1) is 9.72. The first-order valence-corrected chi connectivity index (χ1v) is 6.53. The zero-order valence-electron chi connectivity index (χ0n) is 10.6. The number of amides is 1. The minimum Gasteiger partial charge on any atom is -0.351 e. The maximum absolute atomic E-state index is 12.6. The Morgan fingerprint density at radius 1 is 1.38 bits per heavy atom. The average Bonchev–Trinajstić information content (AvgIpc) is 2.35. The molecule has 0 bridgehead atoms. The smallest absolute Gasteiger partial charge is 0.351 e. The summed E-state index contributed by atoms with van der Waals surface area (Å²) in [7, 11) is 0. The van der Waals surface area contributed by atoms with E-state index in [9.17, 15) is 18.0 Å². The van der Waals surface area contributed by atoms with Gasteiger partial charge in [0.05, 0.1) is 11.6 Å². The van der Waals surface area contributed by atoms with Gasteiger partial charge in [0.2, 0.25) is 5.91 Å². The molecule has 0 radical (unpaired) electrons. The number of carbonyl (C=O) groups excluding carboxylic acids is 1. The van der Waals surface area contributed by atoms with Crippen LogP contribution < -0.4 is 5.32 Å². The van der Waals surface area contributed by atoms with E-state index in [1.807, 2.05) is 0 Å². The predicted molar refractivity (Wildman–Crippen MR) is 76.0 cm³/mol. The topological polar surface area (TPSA) is 52.9 Å². The molecule has 0 atom stereocenters. The van der Waals surface area contributed by atoms with Crippen molar-refractivity contribution in [1.29, 1.82) is 5.26 Å². The summed E-state index contributed by atoms with van der Waals surface area (Å²) in [6.07, 6.45) is -4.70. The van der Waals surface area contributed by atoms with Crippen LogP contribution in [-0.2, 0) is 17.4 Å². The van der Waals surface area contributed by atoms with E-state index in [0.29, 0.717) is 10.4 Å². The first-order valence-electron chi connectivity index (χ1n) is 5.74. The standard InChI is InChI=1S/C13H10ClF3N2OS/c14-10-4-8(3-9(6-10)13(15,16)17)5-11(21)7-19-12(20)1-2-18/h3-4,6H,1,5,7H2,(H,19,20). The number of alkyl halides is 3. The highest BCUT2D eigenvalue weighted by Gasteiger charge is 2.31. The molecule has 0 heterocycles. The Morgan fingerprint density at radius 2 is 2.05 bits per heavy atom. The fourth-order valence-corrected chi connectivity index (χ4v) is 2.03. The van der Waals surface area contributed by atoms with Gasteiger partial charge in [-0.25, -0.2) is 0 Å². The normalized spacial score (nSPS) is 10.8. The molecule has 3 nitrogen and oxygen atoms in total. The molecule has 0 aliphatic heterocycles. The van der Waals surface area contributed by atoms with Crippen LogP contribution in [-0.4, -0.2) is 17.3 Å². The van der Waals surface area contributed by atoms with E-state index in [1.54, 1.807) is 6.07 Å². The molecule has 0 aromatic heterocycles. The highest BCUT2D eigenvalue weighted by molar-refractivity contribution is 7.80. The van der Waals surface area contributed by atoms with Gasteiger partial charge in [-0.15, -0.1) is 0 Å². The lowest BCUT2D eigenvalue weighted by molar-refractivity contribution is -0.137. The van der Waals surface area contributed by atoms with E-state index in [0.717, 1.165) is 12.1 Å². The first kappa shape index (κ1) is 17.4. The van der Waals surface area contributed by atoms with Crippen LogP contribution in [0.15, 0.2) is 18.2 Å². The van der Waals surface area contributed by atoms with Crippen LogP contribution >= 0.6 is 23.8 Å². The number of rotatable bonds is 5. The number of nitrogens with one attached hydrogen (secondary N) is 1. The number of carbonyl (C=O) groups is 1. The lowest BCUT2D eigenvalue weighted by Crippen LogP contribution is -2.29. The summed E-state index contributed by atoms with van der Waals surface area (Å²) < 4.78 is 37.9. The number of thiocarbonyl (C=S) groups is 1. The van der Waals surface area contributed by atoms with E-state index in [-0.39, 0.29) is 24.4 Å². The van der Waals surface area contributed by atoms with E-state index in [4.69, 9.17) is 29.1 Å². The highest BCUT2D eigenvalue weighted by Crippen LogP contribution is 2.32. The Morgan fingerprint density at radius 3 is 2.62 bits per heavy atom. The maximum Gasteiger partial charge on any atom is 0.416 e. The van der Waals surface area contributed by atoms with Crippen molar-refractivity contribution in [2.45, 2.75) is 19.0 Å². The summed E-state index contributed by atoms with van der Waals surface area (Å²) in [4.78, 5) is 11.4. The minimum absolute atomic E-state index is 0.0176. The van der Waals surface area contributed by atoms with Crippen LogP contribution in [0.4, 0.5) is 13.2 Å². The molecule has 1 rings (SSSR count). The van der Waals surface area contributed by atoms with Crippen molar-refractivity contribution in [3.63, 3.8) is 0 Å². The van der Waals surface area contributed by atoms with Gasteiger partial charge in [0, 0.05) is 22.9 Å². The summed E-state index contributed by atoms with van der Waals surface area (Å²) >= 11 is 10.7. The third-order valence-corrected chi connectivity index (χ3v) is 2.92. The summed E-state index contributed by atoms with van der Waals surface area (Å²) in [5.74, 6) is -0.484. The summed E-state index contributed by atoms with van der Waals surface area (Å²) in [5, 5.41) is 10.7. The van der Waals surface area contributed by atoms with Crippen molar-refractivity contribution < 1.29 is 18.0 Å². The Kier molecular flexibility index (Phi) is 6.12. The van der Waals surface area contributed by atoms with Gasteiger partial charge in [-0.2, -0.15) is 18.4 Å². The van der Waals surface area contributed by atoms with Crippen LogP contribution in [0.25, 0.3) is 0 Å². The number of benzene rings is 1. The number of nitrogens with zero attached hydrogens (tertiary/aromatic N) is 1. The Balaban J connectivity index is 2.71. The van der Waals surface area contributed by atoms with Crippen molar-refractivity contribution in [2.75, 3.05) is 6.54 Å². The van der Waals surface area contributed by atoms with Gasteiger partial charge < -0.3 is 5.32 Å². The van der Waals surface area contributed by atoms with Gasteiger partial charge in [0.25, 0.3) is 0 Å². The van der Waals surface area contributed by atoms with Crippen LogP contribution in [0, 0.1) is 11.3 Å². The van der Waals surface area contributed by atoms with Gasteiger partial charge in [-0.3, -0.25) is 4.79 Å². The lowest BCUT2D eigenvalue weighted by atomic mass is 10.1. The van der Waals surface area contributed by atoms with Crippen LogP contribution in [0.2, 0.25) is 5.02 Å². The molecule has 1 aromatic carbocycles. The van der Waals surface area contributed by atoms with Crippen LogP contribution in [0.5, 0.6) is 0 Å². The third-order valence-electron chi connectivity index (χ3n) is 2.41. The second-order valence-corrected chi connectivity index (χ2v) is 5.19. The second-order valence-electron chi connectivity index (χ2n) is 4.17. The molecule has 0 spiro atoms. The van der Waals surface area contributed by atoms with Gasteiger partial charge in [0.15, 0.2) is 0 Å². The average molecular weight is 335 g/mol. The summed E-state index contributed by atoms with van der Waals surface area (Å²) in [6.45, 7) is 0.0176. The molecule has 0 aliphatic rings. The molecule has 21 heavy (non-hydrogen) atoms. The van der Waals surface area contributed by atoms with Crippen molar-refractivity contribution in [3.05, 3.63) is 34.3 Å². The summed E-state index contributed by atoms with van der Waals surface area (Å²) in [5.41, 5.74) is -0.532. The van der Waals surface area contributed by atoms with Crippen LogP contribution in [0.3, 0.4) is 0 Å².